The molecule has 2 N–H and O–H groups in total. The Morgan fingerprint density at radius 2 is 1.73 bits per heavy atom. The van der Waals surface area contributed by atoms with Crippen LogP contribution >= 0.6 is 11.6 Å². The summed E-state index contributed by atoms with van der Waals surface area (Å²) in [6, 6.07) is 7.42. The maximum atomic E-state index is 11.9. The monoisotopic (exact) mass is 325 g/mol. The topological polar surface area (TPSA) is 61.4 Å². The van der Waals surface area contributed by atoms with E-state index in [1.54, 1.807) is 17.0 Å². The van der Waals surface area contributed by atoms with E-state index in [0.717, 1.165) is 5.56 Å². The van der Waals surface area contributed by atoms with Gasteiger partial charge < -0.3 is 10.6 Å². The van der Waals surface area contributed by atoms with Crippen LogP contribution in [0.25, 0.3) is 0 Å². The highest BCUT2D eigenvalue weighted by atomic mass is 35.5. The third-order valence-corrected chi connectivity index (χ3v) is 3.29. The number of carbonyl (C=O) groups excluding carboxylic acids is 2. The molecule has 2 amide bonds. The van der Waals surface area contributed by atoms with Crippen LogP contribution in [0.1, 0.15) is 26.3 Å². The molecular weight excluding hydrogens is 302 g/mol. The molecule has 1 aromatic rings. The lowest BCUT2D eigenvalue weighted by atomic mass is 10.2. The number of hydrogen-bond acceptors (Lipinski definition) is 3. The second kappa shape index (κ2) is 9.43. The molecule has 0 unspecified atom stereocenters. The van der Waals surface area contributed by atoms with Gasteiger partial charge >= 0.3 is 0 Å². The minimum Gasteiger partial charge on any atom is -0.353 e. The van der Waals surface area contributed by atoms with E-state index < -0.39 is 0 Å². The molecular formula is C16H24ClN3O2. The van der Waals surface area contributed by atoms with Gasteiger partial charge in [0.25, 0.3) is 0 Å². The Bertz CT molecular complexity index is 489. The summed E-state index contributed by atoms with van der Waals surface area (Å²) in [5, 5.41) is 6.33. The third-order valence-electron chi connectivity index (χ3n) is 3.03. The van der Waals surface area contributed by atoms with Crippen molar-refractivity contribution in [3.05, 3.63) is 34.9 Å². The van der Waals surface area contributed by atoms with E-state index in [1.165, 1.54) is 0 Å². The van der Waals surface area contributed by atoms with Crippen molar-refractivity contribution < 1.29 is 9.59 Å². The van der Waals surface area contributed by atoms with Gasteiger partial charge in [0.1, 0.15) is 0 Å². The van der Waals surface area contributed by atoms with Gasteiger partial charge in [-0.25, -0.2) is 0 Å². The molecule has 0 saturated heterocycles. The highest BCUT2D eigenvalue weighted by Crippen LogP contribution is 2.09. The molecule has 0 spiro atoms. The van der Waals surface area contributed by atoms with Gasteiger partial charge in [-0.1, -0.05) is 30.7 Å². The summed E-state index contributed by atoms with van der Waals surface area (Å²) in [6.07, 6.45) is 0. The smallest absolute Gasteiger partial charge is 0.234 e. The Morgan fingerprint density at radius 3 is 2.27 bits per heavy atom. The average Bonchev–Trinajstić information content (AvgIpc) is 2.45. The third kappa shape index (κ3) is 7.43. The fourth-order valence-corrected chi connectivity index (χ4v) is 2.04. The minimum absolute atomic E-state index is 0.0673. The Kier molecular flexibility index (Phi) is 7.91. The summed E-state index contributed by atoms with van der Waals surface area (Å²) in [5.41, 5.74) is 0.985. The zero-order valence-corrected chi connectivity index (χ0v) is 14.1. The molecule has 0 aliphatic heterocycles. The van der Waals surface area contributed by atoms with Crippen molar-refractivity contribution in [3.8, 4) is 0 Å². The molecule has 1 rings (SSSR count). The Hall–Kier alpha value is -1.59. The van der Waals surface area contributed by atoms with Crippen LogP contribution in [0.5, 0.6) is 0 Å². The van der Waals surface area contributed by atoms with Crippen LogP contribution in [0.3, 0.4) is 0 Å². The number of amides is 2. The number of carbonyl (C=O) groups is 2. The van der Waals surface area contributed by atoms with Crippen LogP contribution in [0.2, 0.25) is 5.02 Å². The van der Waals surface area contributed by atoms with E-state index >= 15 is 0 Å². The van der Waals surface area contributed by atoms with Crippen molar-refractivity contribution >= 4 is 23.4 Å². The number of nitrogens with one attached hydrogen (secondary N) is 2. The number of halogens is 1. The molecule has 0 radical (unpaired) electrons. The first kappa shape index (κ1) is 18.5. The fraction of sp³-hybridized carbons (Fsp3) is 0.500. The van der Waals surface area contributed by atoms with Gasteiger partial charge in [-0.3, -0.25) is 14.5 Å². The first-order valence-corrected chi connectivity index (χ1v) is 7.81. The minimum atomic E-state index is -0.103. The van der Waals surface area contributed by atoms with Gasteiger partial charge in [0.15, 0.2) is 0 Å². The van der Waals surface area contributed by atoms with Gasteiger partial charge in [-0.15, -0.1) is 0 Å². The van der Waals surface area contributed by atoms with E-state index in [4.69, 9.17) is 11.6 Å². The molecule has 0 fully saturated rings. The van der Waals surface area contributed by atoms with Gasteiger partial charge in [-0.2, -0.15) is 0 Å². The Morgan fingerprint density at radius 1 is 1.14 bits per heavy atom. The van der Waals surface area contributed by atoms with Gasteiger partial charge in [-0.05, 0) is 38.1 Å². The summed E-state index contributed by atoms with van der Waals surface area (Å²) in [4.78, 5) is 25.5. The van der Waals surface area contributed by atoms with E-state index in [-0.39, 0.29) is 30.9 Å². The van der Waals surface area contributed by atoms with Crippen molar-refractivity contribution in [2.45, 2.75) is 33.4 Å². The second-order valence-electron chi connectivity index (χ2n) is 5.43. The number of likely N-dealkylation sites (N-methyl/N-ethyl adjacent to an activating group) is 1. The lowest BCUT2D eigenvalue weighted by Crippen LogP contribution is -2.44. The summed E-state index contributed by atoms with van der Waals surface area (Å²) in [5.74, 6) is -0.170. The van der Waals surface area contributed by atoms with Crippen LogP contribution in [0.4, 0.5) is 0 Å². The predicted molar refractivity (Wildman–Crippen MR) is 88.7 cm³/mol. The van der Waals surface area contributed by atoms with Crippen LogP contribution < -0.4 is 10.6 Å². The van der Waals surface area contributed by atoms with Crippen molar-refractivity contribution in [3.63, 3.8) is 0 Å². The zero-order valence-electron chi connectivity index (χ0n) is 13.4. The maximum Gasteiger partial charge on any atom is 0.234 e. The summed E-state index contributed by atoms with van der Waals surface area (Å²) in [7, 11) is 0. The van der Waals surface area contributed by atoms with Crippen LogP contribution in [-0.4, -0.2) is 42.4 Å². The van der Waals surface area contributed by atoms with E-state index in [2.05, 4.69) is 10.6 Å². The number of nitrogens with zero attached hydrogens (tertiary/aromatic N) is 1. The van der Waals surface area contributed by atoms with Crippen LogP contribution in [-0.2, 0) is 16.1 Å². The van der Waals surface area contributed by atoms with Crippen LogP contribution in [0, 0.1) is 0 Å². The Balaban J connectivity index is 2.38. The molecule has 22 heavy (non-hydrogen) atoms. The normalized spacial score (nSPS) is 10.8. The molecule has 0 aliphatic rings. The molecule has 0 saturated carbocycles. The van der Waals surface area contributed by atoms with Crippen LogP contribution in [0.15, 0.2) is 24.3 Å². The van der Waals surface area contributed by atoms with Crippen molar-refractivity contribution in [2.24, 2.45) is 0 Å². The molecule has 1 aromatic carbocycles. The first-order valence-electron chi connectivity index (χ1n) is 7.43. The highest BCUT2D eigenvalue weighted by Gasteiger charge is 2.13. The second-order valence-corrected chi connectivity index (χ2v) is 5.87. The SMILES string of the molecule is CCN(CC(=O)NCc1ccc(Cl)cc1)CC(=O)NC(C)C. The molecule has 0 aromatic heterocycles. The predicted octanol–water partition coefficient (Wildman–Crippen LogP) is 1.80. The highest BCUT2D eigenvalue weighted by molar-refractivity contribution is 6.30. The van der Waals surface area contributed by atoms with Crippen molar-refractivity contribution in [2.75, 3.05) is 19.6 Å². The van der Waals surface area contributed by atoms with Crippen molar-refractivity contribution in [1.29, 1.82) is 0 Å². The van der Waals surface area contributed by atoms with Gasteiger partial charge in [0.05, 0.1) is 13.1 Å². The average molecular weight is 326 g/mol. The zero-order chi connectivity index (χ0) is 16.5. The standard InChI is InChI=1S/C16H24ClN3O2/c1-4-20(11-16(22)19-12(2)3)10-15(21)18-9-13-5-7-14(17)8-6-13/h5-8,12H,4,9-11H2,1-3H3,(H,18,21)(H,19,22). The largest absolute Gasteiger partial charge is 0.353 e. The Labute approximate surface area is 137 Å². The first-order chi connectivity index (χ1) is 10.4. The van der Waals surface area contributed by atoms with Crippen molar-refractivity contribution in [1.82, 2.24) is 15.5 Å². The molecule has 0 heterocycles. The van der Waals surface area contributed by atoms with E-state index in [0.29, 0.717) is 18.1 Å². The quantitative estimate of drug-likeness (QED) is 0.766. The molecule has 5 nitrogen and oxygen atoms in total. The lowest BCUT2D eigenvalue weighted by Gasteiger charge is -2.20. The number of hydrogen-bond donors (Lipinski definition) is 2. The summed E-state index contributed by atoms with van der Waals surface area (Å²) < 4.78 is 0. The molecule has 0 bridgehead atoms. The fourth-order valence-electron chi connectivity index (χ4n) is 1.91. The van der Waals surface area contributed by atoms with E-state index in [9.17, 15) is 9.59 Å². The number of rotatable bonds is 8. The lowest BCUT2D eigenvalue weighted by molar-refractivity contribution is -0.125. The molecule has 0 atom stereocenters. The van der Waals surface area contributed by atoms with Gasteiger partial charge in [0, 0.05) is 17.6 Å². The maximum absolute atomic E-state index is 11.9. The summed E-state index contributed by atoms with van der Waals surface area (Å²) >= 11 is 5.81. The molecule has 6 heteroatoms. The summed E-state index contributed by atoms with van der Waals surface area (Å²) in [6.45, 7) is 7.26. The van der Waals surface area contributed by atoms with E-state index in [1.807, 2.05) is 32.9 Å². The van der Waals surface area contributed by atoms with Gasteiger partial charge in [0.2, 0.25) is 11.8 Å². The number of benzene rings is 1. The molecule has 122 valence electrons. The molecule has 0 aliphatic carbocycles.